The first-order valence-corrected chi connectivity index (χ1v) is 11.8. The topological polar surface area (TPSA) is 78.6 Å². The number of nitro groups is 1. The molecule has 5 rings (SSSR count). The zero-order chi connectivity index (χ0) is 22.8. The summed E-state index contributed by atoms with van der Waals surface area (Å²) >= 11 is 0. The fourth-order valence-corrected chi connectivity index (χ4v) is 5.25. The summed E-state index contributed by atoms with van der Waals surface area (Å²) in [5.41, 5.74) is 2.47. The number of nitrogens with zero attached hydrogens (tertiary/aromatic N) is 6. The van der Waals surface area contributed by atoms with Gasteiger partial charge in [-0.15, -0.1) is 0 Å². The van der Waals surface area contributed by atoms with Crippen molar-refractivity contribution in [2.75, 3.05) is 55.6 Å². The van der Waals surface area contributed by atoms with Crippen molar-refractivity contribution in [2.24, 2.45) is 5.92 Å². The highest BCUT2D eigenvalue weighted by molar-refractivity contribution is 5.97. The van der Waals surface area contributed by atoms with Crippen LogP contribution in [0.1, 0.15) is 18.5 Å². The first kappa shape index (κ1) is 21.6. The van der Waals surface area contributed by atoms with Crippen LogP contribution in [0.25, 0.3) is 10.9 Å². The van der Waals surface area contributed by atoms with E-state index in [0.717, 1.165) is 74.8 Å². The maximum Gasteiger partial charge on any atom is 0.295 e. The van der Waals surface area contributed by atoms with Crippen LogP contribution in [0.4, 0.5) is 17.2 Å². The maximum absolute atomic E-state index is 11.5. The Labute approximate surface area is 194 Å². The molecule has 0 radical (unpaired) electrons. The van der Waals surface area contributed by atoms with Gasteiger partial charge < -0.3 is 9.80 Å². The summed E-state index contributed by atoms with van der Waals surface area (Å²) in [7, 11) is 0. The third kappa shape index (κ3) is 4.61. The van der Waals surface area contributed by atoms with Crippen molar-refractivity contribution in [1.82, 2.24) is 14.9 Å². The van der Waals surface area contributed by atoms with Gasteiger partial charge in [-0.05, 0) is 43.9 Å². The number of hydrogen-bond acceptors (Lipinski definition) is 7. The predicted octanol–water partition coefficient (Wildman–Crippen LogP) is 3.89. The van der Waals surface area contributed by atoms with E-state index in [4.69, 9.17) is 0 Å². The molecule has 2 aromatic heterocycles. The fraction of sp³-hybridized carbons (Fsp3) is 0.440. The molecule has 0 amide bonds. The van der Waals surface area contributed by atoms with Gasteiger partial charge in [0.1, 0.15) is 5.82 Å². The molecule has 2 aliphatic rings. The monoisotopic (exact) mass is 446 g/mol. The number of aromatic nitrogens is 2. The number of pyridine rings is 2. The largest absolute Gasteiger partial charge is 0.371 e. The van der Waals surface area contributed by atoms with E-state index >= 15 is 0 Å². The molecular formula is C25H30N6O2. The summed E-state index contributed by atoms with van der Waals surface area (Å²) in [6, 6.07) is 13.4. The third-order valence-electron chi connectivity index (χ3n) is 6.84. The van der Waals surface area contributed by atoms with Gasteiger partial charge in [0.15, 0.2) is 5.52 Å². The summed E-state index contributed by atoms with van der Waals surface area (Å²) in [5, 5.41) is 12.4. The lowest BCUT2D eigenvalue weighted by atomic mass is 9.96. The van der Waals surface area contributed by atoms with Crippen LogP contribution in [0.3, 0.4) is 0 Å². The Morgan fingerprint density at radius 2 is 1.91 bits per heavy atom. The highest BCUT2D eigenvalue weighted by Gasteiger charge is 2.27. The highest BCUT2D eigenvalue weighted by Crippen LogP contribution is 2.34. The SMILES string of the molecule is Cc1cc(N2CCCC(CN3CCN(c4ccccn4)CC3)C2)c2cccc([N+](=O)[O-])c2n1. The molecule has 0 N–H and O–H groups in total. The Kier molecular flexibility index (Phi) is 6.09. The van der Waals surface area contributed by atoms with Crippen LogP contribution in [0, 0.1) is 23.0 Å². The maximum atomic E-state index is 11.5. The molecule has 8 heteroatoms. The number of para-hydroxylation sites is 1. The average Bonchev–Trinajstić information content (AvgIpc) is 2.84. The number of anilines is 2. The van der Waals surface area contributed by atoms with Crippen LogP contribution in [0.15, 0.2) is 48.7 Å². The molecule has 0 saturated carbocycles. The first-order chi connectivity index (χ1) is 16.1. The molecule has 1 unspecified atom stereocenters. The number of nitro benzene ring substituents is 1. The van der Waals surface area contributed by atoms with E-state index in [1.807, 2.05) is 31.3 Å². The molecule has 3 aromatic rings. The molecule has 0 spiro atoms. The Morgan fingerprint density at radius 1 is 1.06 bits per heavy atom. The number of benzene rings is 1. The first-order valence-electron chi connectivity index (χ1n) is 11.8. The molecule has 2 fully saturated rings. The molecule has 2 aliphatic heterocycles. The lowest BCUT2D eigenvalue weighted by Gasteiger charge is -2.40. The molecule has 8 nitrogen and oxygen atoms in total. The minimum Gasteiger partial charge on any atom is -0.371 e. The van der Waals surface area contributed by atoms with Crippen molar-refractivity contribution in [3.63, 3.8) is 0 Å². The summed E-state index contributed by atoms with van der Waals surface area (Å²) in [6.45, 7) is 9.08. The van der Waals surface area contributed by atoms with Gasteiger partial charge in [-0.2, -0.15) is 0 Å². The zero-order valence-corrected chi connectivity index (χ0v) is 19.1. The van der Waals surface area contributed by atoms with Gasteiger partial charge in [0, 0.05) is 74.8 Å². The minimum atomic E-state index is -0.331. The summed E-state index contributed by atoms with van der Waals surface area (Å²) in [4.78, 5) is 27.6. The Balaban J connectivity index is 1.28. The van der Waals surface area contributed by atoms with E-state index in [0.29, 0.717) is 11.4 Å². The van der Waals surface area contributed by atoms with Crippen molar-refractivity contribution in [3.05, 3.63) is 64.5 Å². The summed E-state index contributed by atoms with van der Waals surface area (Å²) < 4.78 is 0. The molecule has 1 aromatic carbocycles. The Hall–Kier alpha value is -3.26. The molecule has 4 heterocycles. The zero-order valence-electron chi connectivity index (χ0n) is 19.1. The number of hydrogen-bond donors (Lipinski definition) is 0. The smallest absolute Gasteiger partial charge is 0.295 e. The van der Waals surface area contributed by atoms with Crippen molar-refractivity contribution >= 4 is 28.1 Å². The molecule has 33 heavy (non-hydrogen) atoms. The van der Waals surface area contributed by atoms with Crippen molar-refractivity contribution in [1.29, 1.82) is 0 Å². The average molecular weight is 447 g/mol. The fourth-order valence-electron chi connectivity index (χ4n) is 5.25. The second-order valence-electron chi connectivity index (χ2n) is 9.14. The van der Waals surface area contributed by atoms with Crippen LogP contribution in [0.5, 0.6) is 0 Å². The number of rotatable bonds is 5. The van der Waals surface area contributed by atoms with Gasteiger partial charge >= 0.3 is 0 Å². The minimum absolute atomic E-state index is 0.0804. The van der Waals surface area contributed by atoms with Gasteiger partial charge in [0.2, 0.25) is 0 Å². The van der Waals surface area contributed by atoms with Gasteiger partial charge in [-0.1, -0.05) is 18.2 Å². The van der Waals surface area contributed by atoms with Crippen molar-refractivity contribution in [2.45, 2.75) is 19.8 Å². The molecule has 0 bridgehead atoms. The van der Waals surface area contributed by atoms with E-state index in [1.54, 1.807) is 12.1 Å². The number of aryl methyl sites for hydroxylation is 1. The lowest BCUT2D eigenvalue weighted by Crippen LogP contribution is -2.50. The number of non-ortho nitro benzene ring substituents is 1. The Bertz CT molecular complexity index is 1130. The normalized spacial score (nSPS) is 19.7. The van der Waals surface area contributed by atoms with Crippen LogP contribution in [-0.2, 0) is 0 Å². The van der Waals surface area contributed by atoms with Gasteiger partial charge in [-0.3, -0.25) is 15.0 Å². The second kappa shape index (κ2) is 9.31. The number of piperazine rings is 1. The molecule has 1 atom stereocenters. The van der Waals surface area contributed by atoms with Gasteiger partial charge in [0.25, 0.3) is 5.69 Å². The third-order valence-corrected chi connectivity index (χ3v) is 6.84. The van der Waals surface area contributed by atoms with Crippen LogP contribution in [0.2, 0.25) is 0 Å². The standard InChI is InChI=1S/C25H30N6O2/c1-19-16-23(21-7-4-8-22(31(32)33)25(21)27-19)30-11-5-6-20(18-30)17-28-12-14-29(15-13-28)24-9-2-3-10-26-24/h2-4,7-10,16,20H,5-6,11-15,17-18H2,1H3. The van der Waals surface area contributed by atoms with E-state index in [9.17, 15) is 10.1 Å². The van der Waals surface area contributed by atoms with Crippen molar-refractivity contribution < 1.29 is 4.92 Å². The van der Waals surface area contributed by atoms with Crippen LogP contribution in [-0.4, -0.2) is 65.6 Å². The van der Waals surface area contributed by atoms with Gasteiger partial charge in [-0.25, -0.2) is 9.97 Å². The number of fused-ring (bicyclic) bond motifs is 1. The van der Waals surface area contributed by atoms with Crippen molar-refractivity contribution in [3.8, 4) is 0 Å². The van der Waals surface area contributed by atoms with Crippen LogP contribution < -0.4 is 9.80 Å². The second-order valence-corrected chi connectivity index (χ2v) is 9.14. The molecule has 2 saturated heterocycles. The van der Waals surface area contributed by atoms with E-state index in [-0.39, 0.29) is 10.6 Å². The molecule has 172 valence electrons. The lowest BCUT2D eigenvalue weighted by molar-refractivity contribution is -0.383. The van der Waals surface area contributed by atoms with Crippen LogP contribution >= 0.6 is 0 Å². The predicted molar refractivity (Wildman–Crippen MR) is 131 cm³/mol. The molecular weight excluding hydrogens is 416 g/mol. The summed E-state index contributed by atoms with van der Waals surface area (Å²) in [6.07, 6.45) is 4.22. The molecule has 0 aliphatic carbocycles. The van der Waals surface area contributed by atoms with E-state index < -0.39 is 0 Å². The quantitative estimate of drug-likeness (QED) is 0.435. The number of piperidine rings is 1. The van der Waals surface area contributed by atoms with Gasteiger partial charge in [0.05, 0.1) is 4.92 Å². The highest BCUT2D eigenvalue weighted by atomic mass is 16.6. The Morgan fingerprint density at radius 3 is 2.67 bits per heavy atom. The van der Waals surface area contributed by atoms with E-state index in [2.05, 4.69) is 36.8 Å². The van der Waals surface area contributed by atoms with E-state index in [1.165, 1.54) is 6.42 Å². The summed E-state index contributed by atoms with van der Waals surface area (Å²) in [5.74, 6) is 1.65.